The van der Waals surface area contributed by atoms with Crippen LogP contribution in [-0.4, -0.2) is 38.2 Å². The Morgan fingerprint density at radius 1 is 0.630 bits per heavy atom. The third-order valence-electron chi connectivity index (χ3n) is 6.80. The van der Waals surface area contributed by atoms with Crippen LogP contribution in [0, 0.1) is 13.8 Å². The number of nitrogens with zero attached hydrogens (tertiary/aromatic N) is 4. The molecular formula is C32H30AgBF4N6O2. The smallest absolute Gasteiger partial charge is 0.418 e. The van der Waals surface area contributed by atoms with E-state index in [0.29, 0.717) is 24.2 Å². The minimum absolute atomic E-state index is 0. The number of rotatable bonds is 6. The first kappa shape index (κ1) is 35.8. The molecule has 2 aromatic heterocycles. The van der Waals surface area contributed by atoms with Crippen LogP contribution in [0.25, 0.3) is 22.1 Å². The van der Waals surface area contributed by atoms with Crippen LogP contribution in [0.2, 0.25) is 0 Å². The second kappa shape index (κ2) is 15.5. The topological polar surface area (TPSA) is 122 Å². The van der Waals surface area contributed by atoms with E-state index in [2.05, 4.69) is 19.1 Å². The first-order valence-electron chi connectivity index (χ1n) is 13.8. The second-order valence-corrected chi connectivity index (χ2v) is 10.1. The summed E-state index contributed by atoms with van der Waals surface area (Å²) in [4.78, 5) is 31.6. The molecule has 0 aliphatic carbocycles. The zero-order valence-electron chi connectivity index (χ0n) is 24.8. The monoisotopic (exact) mass is 724 g/mol. The predicted molar refractivity (Wildman–Crippen MR) is 167 cm³/mol. The van der Waals surface area contributed by atoms with Crippen molar-refractivity contribution in [2.75, 3.05) is 0 Å². The summed E-state index contributed by atoms with van der Waals surface area (Å²) in [7, 11) is -6.00. The van der Waals surface area contributed by atoms with Gasteiger partial charge in [-0.1, -0.05) is 48.5 Å². The van der Waals surface area contributed by atoms with Gasteiger partial charge in [-0.3, -0.25) is 9.59 Å². The second-order valence-electron chi connectivity index (χ2n) is 10.1. The summed E-state index contributed by atoms with van der Waals surface area (Å²) in [6, 6.07) is 30.8. The van der Waals surface area contributed by atoms with Crippen LogP contribution in [0.4, 0.5) is 17.3 Å². The van der Waals surface area contributed by atoms with Gasteiger partial charge in [0.05, 0.1) is 22.1 Å². The molecule has 0 bridgehead atoms. The van der Waals surface area contributed by atoms with Crippen LogP contribution < -0.4 is 11.5 Å². The van der Waals surface area contributed by atoms with Gasteiger partial charge in [0.2, 0.25) is 11.8 Å². The van der Waals surface area contributed by atoms with Crippen molar-refractivity contribution in [3.63, 3.8) is 0 Å². The molecule has 0 unspecified atom stereocenters. The molecule has 4 N–H and O–H groups in total. The largest absolute Gasteiger partial charge is 1.00 e. The molecule has 2 amide bonds. The minimum Gasteiger partial charge on any atom is -0.418 e. The minimum atomic E-state index is -6.00. The van der Waals surface area contributed by atoms with Crippen molar-refractivity contribution < 1.29 is 49.2 Å². The van der Waals surface area contributed by atoms with Crippen molar-refractivity contribution in [1.82, 2.24) is 19.1 Å². The van der Waals surface area contributed by atoms with Crippen LogP contribution >= 0.6 is 0 Å². The number of imidazole rings is 2. The number of aryl methyl sites for hydroxylation is 2. The van der Waals surface area contributed by atoms with Crippen molar-refractivity contribution in [3.05, 3.63) is 131 Å². The average molecular weight is 725 g/mol. The van der Waals surface area contributed by atoms with Crippen LogP contribution in [0.5, 0.6) is 0 Å². The van der Waals surface area contributed by atoms with E-state index in [1.807, 2.05) is 98.8 Å². The van der Waals surface area contributed by atoms with E-state index in [-0.39, 0.29) is 22.4 Å². The van der Waals surface area contributed by atoms with Gasteiger partial charge in [-0.2, -0.15) is 0 Å². The summed E-state index contributed by atoms with van der Waals surface area (Å²) < 4.78 is 43.3. The van der Waals surface area contributed by atoms with E-state index in [9.17, 15) is 26.9 Å². The number of primary amides is 2. The van der Waals surface area contributed by atoms with Crippen LogP contribution in [0.1, 0.15) is 43.5 Å². The van der Waals surface area contributed by atoms with Crippen LogP contribution in [0.3, 0.4) is 0 Å². The summed E-state index contributed by atoms with van der Waals surface area (Å²) >= 11 is 0. The number of halogens is 4. The Morgan fingerprint density at radius 2 is 0.978 bits per heavy atom. The van der Waals surface area contributed by atoms with E-state index in [1.165, 1.54) is 0 Å². The standard InChI is InChI=1S/2C16H15N3O.Ag.BF4/c2*1-11-18-14-7-2-3-8-15(14)19(11)10-12-5-4-6-13(9-12)16(17)20;;2-1(3,4)5/h2*2-9H,10H2,1H3,(H2,17,20);;/q;;+1;-1. The van der Waals surface area contributed by atoms with Crippen molar-refractivity contribution in [1.29, 1.82) is 0 Å². The van der Waals surface area contributed by atoms with Gasteiger partial charge in [0.25, 0.3) is 0 Å². The predicted octanol–water partition coefficient (Wildman–Crippen LogP) is 6.28. The fraction of sp³-hybridized carbons (Fsp3) is 0.125. The summed E-state index contributed by atoms with van der Waals surface area (Å²) in [6.45, 7) is 5.32. The summed E-state index contributed by atoms with van der Waals surface area (Å²) in [6.07, 6.45) is 0. The third-order valence-corrected chi connectivity index (χ3v) is 6.80. The van der Waals surface area contributed by atoms with Crippen molar-refractivity contribution in [2.45, 2.75) is 26.9 Å². The molecule has 0 aliphatic rings. The third kappa shape index (κ3) is 9.64. The zero-order chi connectivity index (χ0) is 32.7. The Balaban J connectivity index is 0.000000215. The molecule has 0 saturated heterocycles. The van der Waals surface area contributed by atoms with Gasteiger partial charge in [-0.15, -0.1) is 0 Å². The van der Waals surface area contributed by atoms with Crippen molar-refractivity contribution in [2.24, 2.45) is 11.5 Å². The van der Waals surface area contributed by atoms with Crippen molar-refractivity contribution in [3.8, 4) is 0 Å². The molecule has 14 heteroatoms. The zero-order valence-corrected chi connectivity index (χ0v) is 26.3. The van der Waals surface area contributed by atoms with E-state index in [1.54, 1.807) is 12.1 Å². The number of amides is 2. The Hall–Kier alpha value is -4.71. The first-order valence-corrected chi connectivity index (χ1v) is 13.8. The summed E-state index contributed by atoms with van der Waals surface area (Å²) in [5, 5.41) is 0. The van der Waals surface area contributed by atoms with E-state index < -0.39 is 19.1 Å². The molecule has 0 radical (unpaired) electrons. The molecule has 242 valence electrons. The van der Waals surface area contributed by atoms with Gasteiger partial charge in [0, 0.05) is 24.2 Å². The SMILES string of the molecule is Cc1nc2ccccc2n1Cc1cccc(C(N)=O)c1.Cc1nc2ccccc2n1Cc1cccc(C(N)=O)c1.F[B-](F)(F)F.[Ag+]. The molecule has 0 aliphatic heterocycles. The molecular weight excluding hydrogens is 695 g/mol. The van der Waals surface area contributed by atoms with Gasteiger partial charge in [-0.25, -0.2) is 9.97 Å². The normalized spacial score (nSPS) is 10.7. The van der Waals surface area contributed by atoms with E-state index >= 15 is 0 Å². The molecule has 6 aromatic rings. The number of carbonyl (C=O) groups is 2. The van der Waals surface area contributed by atoms with Crippen LogP contribution in [-0.2, 0) is 35.5 Å². The fourth-order valence-corrected chi connectivity index (χ4v) is 4.80. The summed E-state index contributed by atoms with van der Waals surface area (Å²) in [5.41, 5.74) is 17.9. The number of benzene rings is 4. The average Bonchev–Trinajstić information content (AvgIpc) is 3.47. The number of nitrogens with two attached hydrogens (primary N) is 2. The number of para-hydroxylation sites is 4. The maximum absolute atomic E-state index is 11.2. The van der Waals surface area contributed by atoms with E-state index in [0.717, 1.165) is 44.8 Å². The van der Waals surface area contributed by atoms with Gasteiger partial charge < -0.3 is 37.9 Å². The number of carbonyl (C=O) groups excluding carboxylic acids is 2. The van der Waals surface area contributed by atoms with Crippen LogP contribution in [0.15, 0.2) is 97.1 Å². The maximum atomic E-state index is 11.2. The molecule has 0 fully saturated rings. The van der Waals surface area contributed by atoms with Gasteiger partial charge in [-0.05, 0) is 73.5 Å². The Morgan fingerprint density at radius 3 is 1.33 bits per heavy atom. The molecule has 0 atom stereocenters. The number of hydrogen-bond acceptors (Lipinski definition) is 4. The molecule has 0 spiro atoms. The molecule has 0 saturated carbocycles. The molecule has 46 heavy (non-hydrogen) atoms. The molecule has 8 nitrogen and oxygen atoms in total. The molecule has 6 rings (SSSR count). The number of hydrogen-bond donors (Lipinski definition) is 2. The van der Waals surface area contributed by atoms with E-state index in [4.69, 9.17) is 11.5 Å². The van der Waals surface area contributed by atoms with Gasteiger partial charge >= 0.3 is 29.6 Å². The van der Waals surface area contributed by atoms with Gasteiger partial charge in [0.1, 0.15) is 11.6 Å². The molecule has 4 aromatic carbocycles. The Labute approximate surface area is 278 Å². The molecule has 2 heterocycles. The number of aromatic nitrogens is 4. The Kier molecular flexibility index (Phi) is 12.1. The summed E-state index contributed by atoms with van der Waals surface area (Å²) in [5.74, 6) is 1.10. The van der Waals surface area contributed by atoms with Gasteiger partial charge in [0.15, 0.2) is 0 Å². The first-order chi connectivity index (χ1) is 21.3. The van der Waals surface area contributed by atoms with Crippen molar-refractivity contribution >= 4 is 41.1 Å². The number of fused-ring (bicyclic) bond motifs is 2. The fourth-order valence-electron chi connectivity index (χ4n) is 4.80. The quantitative estimate of drug-likeness (QED) is 0.155. The Bertz CT molecular complexity index is 1830. The maximum Gasteiger partial charge on any atom is 1.00 e.